The van der Waals surface area contributed by atoms with Gasteiger partial charge in [-0.3, -0.25) is 0 Å². The third-order valence-corrected chi connectivity index (χ3v) is 6.84. The monoisotopic (exact) mass is 374 g/mol. The van der Waals surface area contributed by atoms with E-state index in [1.807, 2.05) is 48.5 Å². The van der Waals surface area contributed by atoms with Gasteiger partial charge >= 0.3 is 0 Å². The van der Waals surface area contributed by atoms with E-state index in [4.69, 9.17) is 11.6 Å². The summed E-state index contributed by atoms with van der Waals surface area (Å²) in [5.74, 6) is 0.139. The molecule has 2 heterocycles. The predicted octanol–water partition coefficient (Wildman–Crippen LogP) is 3.75. The van der Waals surface area contributed by atoms with Crippen LogP contribution in [-0.2, 0) is 29.4 Å². The van der Waals surface area contributed by atoms with Gasteiger partial charge in [0.2, 0.25) is 10.0 Å². The lowest BCUT2D eigenvalue weighted by Gasteiger charge is -2.26. The second-order valence-corrected chi connectivity index (χ2v) is 8.93. The number of fused-ring (bicyclic) bond motifs is 3. The van der Waals surface area contributed by atoms with Crippen molar-refractivity contribution in [3.05, 3.63) is 70.4 Å². The Labute approximate surface area is 152 Å². The first-order chi connectivity index (χ1) is 12.0. The van der Waals surface area contributed by atoms with Crippen LogP contribution < -0.4 is 0 Å². The fraction of sp³-hybridized carbons (Fsp3) is 0.263. The molecule has 1 aliphatic heterocycles. The molecule has 0 atom stereocenters. The van der Waals surface area contributed by atoms with Crippen LogP contribution in [0.1, 0.15) is 16.8 Å². The van der Waals surface area contributed by atoms with Gasteiger partial charge in [-0.25, -0.2) is 8.42 Å². The molecule has 0 radical (unpaired) electrons. The van der Waals surface area contributed by atoms with Crippen molar-refractivity contribution in [2.75, 3.05) is 12.3 Å². The van der Waals surface area contributed by atoms with Crippen molar-refractivity contribution >= 4 is 32.5 Å². The summed E-state index contributed by atoms with van der Waals surface area (Å²) < 4.78 is 27.2. The maximum Gasteiger partial charge on any atom is 0.214 e. The normalized spacial score (nSPS) is 15.4. The van der Waals surface area contributed by atoms with Gasteiger partial charge in [-0.05, 0) is 29.7 Å². The molecule has 0 spiro atoms. The number of nitrogens with one attached hydrogen (secondary N) is 1. The molecule has 0 saturated heterocycles. The number of aromatic amines is 1. The van der Waals surface area contributed by atoms with Crippen molar-refractivity contribution < 1.29 is 8.42 Å². The van der Waals surface area contributed by atoms with Crippen LogP contribution in [0.15, 0.2) is 48.5 Å². The average molecular weight is 375 g/mol. The molecule has 130 valence electrons. The highest BCUT2D eigenvalue weighted by Gasteiger charge is 2.28. The van der Waals surface area contributed by atoms with Gasteiger partial charge in [-0.1, -0.05) is 48.0 Å². The number of sulfonamides is 1. The highest BCUT2D eigenvalue weighted by molar-refractivity contribution is 7.89. The summed E-state index contributed by atoms with van der Waals surface area (Å²) in [6.07, 6.45) is 1.24. The summed E-state index contributed by atoms with van der Waals surface area (Å²) in [6, 6.07) is 15.4. The summed E-state index contributed by atoms with van der Waals surface area (Å²) in [7, 11) is -3.29. The Kier molecular flexibility index (Phi) is 4.31. The Morgan fingerprint density at radius 1 is 1.12 bits per heavy atom. The maximum atomic E-state index is 12.8. The van der Waals surface area contributed by atoms with Crippen molar-refractivity contribution in [3.63, 3.8) is 0 Å². The highest BCUT2D eigenvalue weighted by atomic mass is 35.5. The van der Waals surface area contributed by atoms with Crippen molar-refractivity contribution in [1.82, 2.24) is 9.29 Å². The Morgan fingerprint density at radius 3 is 2.72 bits per heavy atom. The third-order valence-electron chi connectivity index (χ3n) is 4.79. The van der Waals surface area contributed by atoms with Gasteiger partial charge in [-0.2, -0.15) is 4.31 Å². The van der Waals surface area contributed by atoms with Crippen molar-refractivity contribution in [2.45, 2.75) is 19.4 Å². The van der Waals surface area contributed by atoms with Crippen LogP contribution in [0, 0.1) is 0 Å². The third kappa shape index (κ3) is 3.32. The zero-order valence-corrected chi connectivity index (χ0v) is 15.3. The molecule has 0 aliphatic carbocycles. The molecule has 1 aromatic heterocycles. The maximum absolute atomic E-state index is 12.8. The molecule has 1 aliphatic rings. The number of hydrogen-bond acceptors (Lipinski definition) is 2. The number of benzene rings is 2. The van der Waals surface area contributed by atoms with E-state index in [1.54, 1.807) is 4.31 Å². The molecular weight excluding hydrogens is 356 g/mol. The first-order valence-corrected chi connectivity index (χ1v) is 10.3. The number of nitrogens with zero attached hydrogens (tertiary/aromatic N) is 1. The molecule has 0 saturated carbocycles. The van der Waals surface area contributed by atoms with E-state index < -0.39 is 10.0 Å². The van der Waals surface area contributed by atoms with Gasteiger partial charge in [0.1, 0.15) is 0 Å². The van der Waals surface area contributed by atoms with Gasteiger partial charge in [0, 0.05) is 41.1 Å². The summed E-state index contributed by atoms with van der Waals surface area (Å²) in [4.78, 5) is 3.38. The number of hydrogen-bond donors (Lipinski definition) is 1. The quantitative estimate of drug-likeness (QED) is 0.756. The Morgan fingerprint density at radius 2 is 1.92 bits per heavy atom. The molecule has 0 amide bonds. The summed E-state index contributed by atoms with van der Waals surface area (Å²) in [5, 5.41) is 1.74. The molecule has 6 heteroatoms. The van der Waals surface area contributed by atoms with Crippen LogP contribution in [0.2, 0.25) is 5.02 Å². The van der Waals surface area contributed by atoms with E-state index in [9.17, 15) is 8.42 Å². The molecule has 0 fully saturated rings. The van der Waals surface area contributed by atoms with E-state index in [0.29, 0.717) is 31.0 Å². The van der Waals surface area contributed by atoms with Gasteiger partial charge < -0.3 is 4.98 Å². The standard InChI is InChI=1S/C19H19ClN2O2S/c20-15-6-7-16-17-13-22(10-8-18(17)21-19(16)12-15)25(23,24)11-9-14-4-2-1-3-5-14/h1-7,12,21H,8-11,13H2. The lowest BCUT2D eigenvalue weighted by Crippen LogP contribution is -2.37. The zero-order valence-electron chi connectivity index (χ0n) is 13.7. The number of H-pyrrole nitrogens is 1. The number of aryl methyl sites for hydroxylation is 1. The summed E-state index contributed by atoms with van der Waals surface area (Å²) in [6.45, 7) is 0.943. The van der Waals surface area contributed by atoms with E-state index in [1.165, 1.54) is 0 Å². The Balaban J connectivity index is 1.56. The van der Waals surface area contributed by atoms with E-state index in [0.717, 1.165) is 27.7 Å². The van der Waals surface area contributed by atoms with Gasteiger partial charge in [0.15, 0.2) is 0 Å². The van der Waals surface area contributed by atoms with Gasteiger partial charge in [-0.15, -0.1) is 0 Å². The second kappa shape index (κ2) is 6.48. The number of rotatable bonds is 4. The predicted molar refractivity (Wildman–Crippen MR) is 101 cm³/mol. The molecule has 4 rings (SSSR count). The minimum atomic E-state index is -3.29. The Bertz CT molecular complexity index is 1010. The molecule has 4 nitrogen and oxygen atoms in total. The van der Waals surface area contributed by atoms with E-state index in [2.05, 4.69) is 4.98 Å². The minimum Gasteiger partial charge on any atom is -0.358 e. The fourth-order valence-electron chi connectivity index (χ4n) is 3.43. The van der Waals surface area contributed by atoms with Crippen molar-refractivity contribution in [2.24, 2.45) is 0 Å². The smallest absolute Gasteiger partial charge is 0.214 e. The van der Waals surface area contributed by atoms with E-state index >= 15 is 0 Å². The Hall–Kier alpha value is -1.82. The van der Waals surface area contributed by atoms with Gasteiger partial charge in [0.25, 0.3) is 0 Å². The fourth-order valence-corrected chi connectivity index (χ4v) is 5.05. The first kappa shape index (κ1) is 16.6. The largest absolute Gasteiger partial charge is 0.358 e. The molecule has 25 heavy (non-hydrogen) atoms. The molecule has 2 aromatic carbocycles. The highest BCUT2D eigenvalue weighted by Crippen LogP contribution is 2.30. The molecule has 0 bridgehead atoms. The van der Waals surface area contributed by atoms with E-state index in [-0.39, 0.29) is 5.75 Å². The lowest BCUT2D eigenvalue weighted by atomic mass is 10.1. The summed E-state index contributed by atoms with van der Waals surface area (Å²) in [5.41, 5.74) is 4.21. The first-order valence-electron chi connectivity index (χ1n) is 8.34. The van der Waals surface area contributed by atoms with Crippen LogP contribution in [0.5, 0.6) is 0 Å². The number of aromatic nitrogens is 1. The van der Waals surface area contributed by atoms with Crippen LogP contribution >= 0.6 is 11.6 Å². The van der Waals surface area contributed by atoms with Crippen LogP contribution in [-0.4, -0.2) is 30.0 Å². The molecule has 3 aromatic rings. The number of halogens is 1. The SMILES string of the molecule is O=S(=O)(CCc1ccccc1)N1CCc2[nH]c3cc(Cl)ccc3c2C1. The van der Waals surface area contributed by atoms with Crippen molar-refractivity contribution in [1.29, 1.82) is 0 Å². The summed E-state index contributed by atoms with van der Waals surface area (Å²) >= 11 is 6.06. The minimum absolute atomic E-state index is 0.139. The van der Waals surface area contributed by atoms with Crippen LogP contribution in [0.3, 0.4) is 0 Å². The van der Waals surface area contributed by atoms with Crippen LogP contribution in [0.25, 0.3) is 10.9 Å². The second-order valence-electron chi connectivity index (χ2n) is 6.41. The topological polar surface area (TPSA) is 53.2 Å². The van der Waals surface area contributed by atoms with Crippen LogP contribution in [0.4, 0.5) is 0 Å². The average Bonchev–Trinajstić information content (AvgIpc) is 2.97. The molecule has 1 N–H and O–H groups in total. The van der Waals surface area contributed by atoms with Gasteiger partial charge in [0.05, 0.1) is 5.75 Å². The molecular formula is C19H19ClN2O2S. The zero-order chi connectivity index (χ0) is 17.4. The van der Waals surface area contributed by atoms with Crippen molar-refractivity contribution in [3.8, 4) is 0 Å². The lowest BCUT2D eigenvalue weighted by molar-refractivity contribution is 0.391. The molecule has 0 unspecified atom stereocenters.